The summed E-state index contributed by atoms with van der Waals surface area (Å²) in [5.74, 6) is 0. The van der Waals surface area contributed by atoms with Crippen LogP contribution >= 0.6 is 0 Å². The zero-order valence-electron chi connectivity index (χ0n) is 11.7. The highest BCUT2D eigenvalue weighted by Gasteiger charge is 2.29. The van der Waals surface area contributed by atoms with Crippen LogP contribution in [0.3, 0.4) is 0 Å². The molecule has 1 nitrogen and oxygen atoms in total. The van der Waals surface area contributed by atoms with Gasteiger partial charge in [-0.25, -0.2) is 0 Å². The summed E-state index contributed by atoms with van der Waals surface area (Å²) in [6.45, 7) is 4.08. The van der Waals surface area contributed by atoms with Crippen molar-refractivity contribution in [2.75, 3.05) is 0 Å². The number of benzene rings is 2. The fourth-order valence-electron chi connectivity index (χ4n) is 2.40. The Balaban J connectivity index is 2.04. The molecule has 21 heavy (non-hydrogen) atoms. The molecule has 0 aliphatic rings. The minimum atomic E-state index is -4.30. The second-order valence-corrected chi connectivity index (χ2v) is 5.28. The van der Waals surface area contributed by atoms with Gasteiger partial charge in [0, 0.05) is 16.6 Å². The lowest BCUT2D eigenvalue weighted by Gasteiger charge is -2.06. The molecule has 0 unspecified atom stereocenters. The van der Waals surface area contributed by atoms with Crippen molar-refractivity contribution in [2.45, 2.75) is 20.0 Å². The lowest BCUT2D eigenvalue weighted by Crippen LogP contribution is -2.03. The van der Waals surface area contributed by atoms with E-state index in [0.29, 0.717) is 0 Å². The Morgan fingerprint density at radius 3 is 2.10 bits per heavy atom. The van der Waals surface area contributed by atoms with Crippen LogP contribution in [0.4, 0.5) is 13.2 Å². The zero-order chi connectivity index (χ0) is 15.2. The van der Waals surface area contributed by atoms with Crippen molar-refractivity contribution in [3.05, 3.63) is 59.2 Å². The van der Waals surface area contributed by atoms with Crippen LogP contribution < -0.4 is 0 Å². The molecule has 0 aliphatic heterocycles. The van der Waals surface area contributed by atoms with Gasteiger partial charge in [0.2, 0.25) is 0 Å². The quantitative estimate of drug-likeness (QED) is 0.611. The first kappa shape index (κ1) is 13.7. The topological polar surface area (TPSA) is 15.8 Å². The molecule has 3 rings (SSSR count). The van der Waals surface area contributed by atoms with Crippen LogP contribution in [-0.4, -0.2) is 4.98 Å². The number of hydrogen-bond acceptors (Lipinski definition) is 0. The van der Waals surface area contributed by atoms with Gasteiger partial charge in [-0.2, -0.15) is 13.2 Å². The molecular formula is C17H14F3N. The van der Waals surface area contributed by atoms with E-state index in [4.69, 9.17) is 0 Å². The van der Waals surface area contributed by atoms with Crippen LogP contribution in [0, 0.1) is 13.8 Å². The zero-order valence-corrected chi connectivity index (χ0v) is 11.7. The van der Waals surface area contributed by atoms with Crippen molar-refractivity contribution in [3.63, 3.8) is 0 Å². The van der Waals surface area contributed by atoms with Crippen molar-refractivity contribution >= 4 is 10.9 Å². The number of aryl methyl sites for hydroxylation is 2. The first-order valence-corrected chi connectivity index (χ1v) is 6.62. The summed E-state index contributed by atoms with van der Waals surface area (Å²) in [4.78, 5) is 3.26. The van der Waals surface area contributed by atoms with Crippen molar-refractivity contribution < 1.29 is 13.2 Å². The summed E-state index contributed by atoms with van der Waals surface area (Å²) in [6.07, 6.45) is -4.30. The maximum atomic E-state index is 12.6. The number of alkyl halides is 3. The lowest BCUT2D eigenvalue weighted by molar-refractivity contribution is -0.137. The molecule has 0 saturated carbocycles. The Labute approximate surface area is 120 Å². The number of aromatic amines is 1. The fraction of sp³-hybridized carbons (Fsp3) is 0.176. The van der Waals surface area contributed by atoms with Gasteiger partial charge in [-0.15, -0.1) is 0 Å². The van der Waals surface area contributed by atoms with Gasteiger partial charge >= 0.3 is 6.18 Å². The lowest BCUT2D eigenvalue weighted by atomic mass is 10.1. The molecule has 3 aromatic rings. The number of nitrogens with one attached hydrogen (secondary N) is 1. The summed E-state index contributed by atoms with van der Waals surface area (Å²) in [5.41, 5.74) is 4.31. The highest BCUT2D eigenvalue weighted by atomic mass is 19.4. The minimum absolute atomic E-state index is 0.631. The summed E-state index contributed by atoms with van der Waals surface area (Å²) in [6, 6.07) is 11.3. The number of halogens is 3. The van der Waals surface area contributed by atoms with Crippen molar-refractivity contribution in [2.24, 2.45) is 0 Å². The summed E-state index contributed by atoms with van der Waals surface area (Å²) >= 11 is 0. The fourth-order valence-corrected chi connectivity index (χ4v) is 2.40. The molecule has 4 heteroatoms. The number of aromatic nitrogens is 1. The van der Waals surface area contributed by atoms with Crippen LogP contribution in [0.25, 0.3) is 22.2 Å². The Bertz CT molecular complexity index is 756. The molecule has 1 aromatic heterocycles. The number of rotatable bonds is 1. The van der Waals surface area contributed by atoms with Crippen LogP contribution in [0.5, 0.6) is 0 Å². The van der Waals surface area contributed by atoms with Gasteiger partial charge in [-0.3, -0.25) is 0 Å². The molecular weight excluding hydrogens is 275 g/mol. The van der Waals surface area contributed by atoms with E-state index in [1.165, 1.54) is 23.3 Å². The number of fused-ring (bicyclic) bond motifs is 1. The molecule has 0 bridgehead atoms. The van der Waals surface area contributed by atoms with E-state index in [2.05, 4.69) is 17.1 Å². The summed E-state index contributed by atoms with van der Waals surface area (Å²) < 4.78 is 37.7. The Kier molecular flexibility index (Phi) is 3.04. The third-order valence-electron chi connectivity index (χ3n) is 3.76. The van der Waals surface area contributed by atoms with Crippen LogP contribution in [0.15, 0.2) is 42.5 Å². The maximum Gasteiger partial charge on any atom is 0.416 e. The number of hydrogen-bond donors (Lipinski definition) is 1. The highest BCUT2D eigenvalue weighted by molar-refractivity contribution is 5.87. The van der Waals surface area contributed by atoms with Gasteiger partial charge in [0.15, 0.2) is 0 Å². The van der Waals surface area contributed by atoms with Gasteiger partial charge in [0.05, 0.1) is 5.56 Å². The molecule has 2 aromatic carbocycles. The van der Waals surface area contributed by atoms with E-state index in [0.717, 1.165) is 34.3 Å². The summed E-state index contributed by atoms with van der Waals surface area (Å²) in [7, 11) is 0. The molecule has 108 valence electrons. The monoisotopic (exact) mass is 289 g/mol. The van der Waals surface area contributed by atoms with Crippen LogP contribution in [-0.2, 0) is 6.18 Å². The first-order chi connectivity index (χ1) is 9.84. The van der Waals surface area contributed by atoms with Crippen molar-refractivity contribution in [1.82, 2.24) is 4.98 Å². The van der Waals surface area contributed by atoms with Gasteiger partial charge < -0.3 is 4.98 Å². The molecule has 0 spiro atoms. The SMILES string of the molecule is Cc1cc2cc(-c3ccc(C(F)(F)F)cc3)[nH]c2cc1C. The molecule has 1 heterocycles. The van der Waals surface area contributed by atoms with E-state index < -0.39 is 11.7 Å². The van der Waals surface area contributed by atoms with Crippen molar-refractivity contribution in [1.29, 1.82) is 0 Å². The average Bonchev–Trinajstić information content (AvgIpc) is 2.81. The average molecular weight is 289 g/mol. The minimum Gasteiger partial charge on any atom is -0.355 e. The first-order valence-electron chi connectivity index (χ1n) is 6.62. The van der Waals surface area contributed by atoms with E-state index in [-0.39, 0.29) is 0 Å². The Morgan fingerprint density at radius 2 is 1.48 bits per heavy atom. The Morgan fingerprint density at radius 1 is 0.857 bits per heavy atom. The van der Waals surface area contributed by atoms with Gasteiger partial charge in [0.25, 0.3) is 0 Å². The molecule has 0 fully saturated rings. The molecule has 1 N–H and O–H groups in total. The molecule has 0 aliphatic carbocycles. The van der Waals surface area contributed by atoms with E-state index in [1.54, 1.807) is 0 Å². The van der Waals surface area contributed by atoms with Crippen LogP contribution in [0.2, 0.25) is 0 Å². The van der Waals surface area contributed by atoms with E-state index in [9.17, 15) is 13.2 Å². The predicted octanol–water partition coefficient (Wildman–Crippen LogP) is 5.47. The Hall–Kier alpha value is -2.23. The second-order valence-electron chi connectivity index (χ2n) is 5.28. The third kappa shape index (κ3) is 2.53. The molecule has 0 atom stereocenters. The van der Waals surface area contributed by atoms with E-state index in [1.807, 2.05) is 19.9 Å². The molecule has 0 amide bonds. The van der Waals surface area contributed by atoms with Gasteiger partial charge in [-0.05, 0) is 60.9 Å². The molecule has 0 radical (unpaired) electrons. The largest absolute Gasteiger partial charge is 0.416 e. The third-order valence-corrected chi connectivity index (χ3v) is 3.76. The maximum absolute atomic E-state index is 12.6. The van der Waals surface area contributed by atoms with Gasteiger partial charge in [0.1, 0.15) is 0 Å². The molecule has 0 saturated heterocycles. The smallest absolute Gasteiger partial charge is 0.355 e. The predicted molar refractivity (Wildman–Crippen MR) is 78.2 cm³/mol. The van der Waals surface area contributed by atoms with Crippen molar-refractivity contribution in [3.8, 4) is 11.3 Å². The normalized spacial score (nSPS) is 12.0. The summed E-state index contributed by atoms with van der Waals surface area (Å²) in [5, 5.41) is 1.06. The number of H-pyrrole nitrogens is 1. The van der Waals surface area contributed by atoms with E-state index >= 15 is 0 Å². The van der Waals surface area contributed by atoms with Gasteiger partial charge in [-0.1, -0.05) is 12.1 Å². The highest BCUT2D eigenvalue weighted by Crippen LogP contribution is 2.32. The standard InChI is InChI=1S/C17H14F3N/c1-10-7-13-9-16(21-15(13)8-11(10)2)12-3-5-14(6-4-12)17(18,19)20/h3-9,21H,1-2H3. The van der Waals surface area contributed by atoms with Crippen LogP contribution in [0.1, 0.15) is 16.7 Å². The second kappa shape index (κ2) is 4.65.